The third kappa shape index (κ3) is 2.70. The Morgan fingerprint density at radius 2 is 2.17 bits per heavy atom. The number of aromatic nitrogens is 2. The summed E-state index contributed by atoms with van der Waals surface area (Å²) in [5, 5.41) is 9.31. The van der Waals surface area contributed by atoms with Crippen LogP contribution in [0.3, 0.4) is 0 Å². The van der Waals surface area contributed by atoms with Gasteiger partial charge >= 0.3 is 0 Å². The van der Waals surface area contributed by atoms with E-state index in [1.807, 2.05) is 0 Å². The molecule has 18 heavy (non-hydrogen) atoms. The number of nitrogens with zero attached hydrogens (tertiary/aromatic N) is 3. The van der Waals surface area contributed by atoms with E-state index in [4.69, 9.17) is 0 Å². The Hall–Kier alpha value is -1.42. The summed E-state index contributed by atoms with van der Waals surface area (Å²) in [5.74, 6) is 0.858. The van der Waals surface area contributed by atoms with Gasteiger partial charge in [-0.1, -0.05) is 32.4 Å². The molecule has 4 nitrogen and oxygen atoms in total. The second kappa shape index (κ2) is 5.06. The lowest BCUT2D eigenvalue weighted by molar-refractivity contribution is 0.281. The molecule has 0 amide bonds. The van der Waals surface area contributed by atoms with Crippen molar-refractivity contribution >= 4 is 5.82 Å². The summed E-state index contributed by atoms with van der Waals surface area (Å²) in [6.07, 6.45) is 6.56. The van der Waals surface area contributed by atoms with Crippen molar-refractivity contribution in [3.8, 4) is 0 Å². The summed E-state index contributed by atoms with van der Waals surface area (Å²) in [5.41, 5.74) is 2.54. The molecule has 0 unspecified atom stereocenters. The molecule has 1 aromatic rings. The average Bonchev–Trinajstić information content (AvgIpc) is 2.38. The zero-order valence-corrected chi connectivity index (χ0v) is 11.3. The lowest BCUT2D eigenvalue weighted by Crippen LogP contribution is -2.32. The van der Waals surface area contributed by atoms with Crippen LogP contribution in [0.1, 0.15) is 32.8 Å². The SMILES string of the molecule is CC(C)(C)C1=CCN(c2ncncc2CO)CC1. The molecular formula is C14H21N3O. The smallest absolute Gasteiger partial charge is 0.137 e. The first-order chi connectivity index (χ1) is 8.52. The Morgan fingerprint density at radius 3 is 2.72 bits per heavy atom. The fraction of sp³-hybridized carbons (Fsp3) is 0.571. The summed E-state index contributed by atoms with van der Waals surface area (Å²) < 4.78 is 0. The Bertz CT molecular complexity index is 449. The molecule has 1 aliphatic heterocycles. The minimum atomic E-state index is -0.0114. The van der Waals surface area contributed by atoms with E-state index in [-0.39, 0.29) is 12.0 Å². The summed E-state index contributed by atoms with van der Waals surface area (Å²) in [7, 11) is 0. The van der Waals surface area contributed by atoms with E-state index in [1.54, 1.807) is 6.20 Å². The summed E-state index contributed by atoms with van der Waals surface area (Å²) in [4.78, 5) is 10.4. The van der Waals surface area contributed by atoms with Crippen molar-refractivity contribution < 1.29 is 5.11 Å². The van der Waals surface area contributed by atoms with Gasteiger partial charge in [0.05, 0.1) is 6.61 Å². The Morgan fingerprint density at radius 1 is 1.39 bits per heavy atom. The highest BCUT2D eigenvalue weighted by atomic mass is 16.3. The zero-order chi connectivity index (χ0) is 13.2. The highest BCUT2D eigenvalue weighted by Gasteiger charge is 2.22. The van der Waals surface area contributed by atoms with E-state index in [2.05, 4.69) is 41.7 Å². The number of hydrogen-bond donors (Lipinski definition) is 1. The topological polar surface area (TPSA) is 49.2 Å². The molecule has 98 valence electrons. The van der Waals surface area contributed by atoms with Crippen LogP contribution >= 0.6 is 0 Å². The van der Waals surface area contributed by atoms with Gasteiger partial charge in [-0.15, -0.1) is 0 Å². The van der Waals surface area contributed by atoms with Crippen LogP contribution in [0.25, 0.3) is 0 Å². The van der Waals surface area contributed by atoms with Crippen molar-refractivity contribution in [3.05, 3.63) is 29.7 Å². The molecule has 0 saturated heterocycles. The van der Waals surface area contributed by atoms with Gasteiger partial charge in [-0.3, -0.25) is 0 Å². The molecule has 0 fully saturated rings. The van der Waals surface area contributed by atoms with E-state index in [0.29, 0.717) is 0 Å². The van der Waals surface area contributed by atoms with Gasteiger partial charge < -0.3 is 10.0 Å². The summed E-state index contributed by atoms with van der Waals surface area (Å²) >= 11 is 0. The van der Waals surface area contributed by atoms with Crippen LogP contribution in [0, 0.1) is 5.41 Å². The molecule has 0 atom stereocenters. The molecule has 2 rings (SSSR count). The minimum Gasteiger partial charge on any atom is -0.391 e. The lowest BCUT2D eigenvalue weighted by Gasteiger charge is -2.33. The van der Waals surface area contributed by atoms with Crippen molar-refractivity contribution in [2.75, 3.05) is 18.0 Å². The standard InChI is InChI=1S/C14H21N3O/c1-14(2,3)12-4-6-17(7-5-12)13-11(9-18)8-15-10-16-13/h4,8,10,18H,5-7,9H2,1-3H3. The van der Waals surface area contributed by atoms with Crippen LogP contribution in [-0.2, 0) is 6.61 Å². The molecule has 0 spiro atoms. The van der Waals surface area contributed by atoms with Crippen molar-refractivity contribution in [2.24, 2.45) is 5.41 Å². The second-order valence-electron chi connectivity index (χ2n) is 5.71. The lowest BCUT2D eigenvalue weighted by atomic mass is 9.83. The van der Waals surface area contributed by atoms with E-state index in [1.165, 1.54) is 11.9 Å². The Labute approximate surface area is 108 Å². The fourth-order valence-corrected chi connectivity index (χ4v) is 2.29. The summed E-state index contributed by atoms with van der Waals surface area (Å²) in [6, 6.07) is 0. The Balaban J connectivity index is 2.17. The molecule has 1 N–H and O–H groups in total. The van der Waals surface area contributed by atoms with Gasteiger partial charge in [-0.25, -0.2) is 9.97 Å². The van der Waals surface area contributed by atoms with Gasteiger partial charge in [0.1, 0.15) is 12.1 Å². The number of hydrogen-bond acceptors (Lipinski definition) is 4. The van der Waals surface area contributed by atoms with E-state index < -0.39 is 0 Å². The maximum atomic E-state index is 9.31. The number of aliphatic hydroxyl groups excluding tert-OH is 1. The first kappa shape index (κ1) is 13.0. The first-order valence-corrected chi connectivity index (χ1v) is 6.36. The van der Waals surface area contributed by atoms with Crippen molar-refractivity contribution in [2.45, 2.75) is 33.8 Å². The van der Waals surface area contributed by atoms with Crippen molar-refractivity contribution in [1.82, 2.24) is 9.97 Å². The second-order valence-corrected chi connectivity index (χ2v) is 5.71. The molecule has 0 radical (unpaired) electrons. The zero-order valence-electron chi connectivity index (χ0n) is 11.3. The van der Waals surface area contributed by atoms with E-state index in [9.17, 15) is 5.11 Å². The van der Waals surface area contributed by atoms with Crippen LogP contribution in [-0.4, -0.2) is 28.2 Å². The number of anilines is 1. The van der Waals surface area contributed by atoms with E-state index in [0.717, 1.165) is 30.9 Å². The van der Waals surface area contributed by atoms with Gasteiger partial charge in [0.15, 0.2) is 0 Å². The van der Waals surface area contributed by atoms with Gasteiger partial charge in [-0.05, 0) is 11.8 Å². The molecule has 2 heterocycles. The molecule has 0 bridgehead atoms. The van der Waals surface area contributed by atoms with Crippen LogP contribution in [0.15, 0.2) is 24.2 Å². The van der Waals surface area contributed by atoms with Gasteiger partial charge in [0.25, 0.3) is 0 Å². The average molecular weight is 247 g/mol. The third-order valence-corrected chi connectivity index (χ3v) is 3.41. The monoisotopic (exact) mass is 247 g/mol. The predicted molar refractivity (Wildman–Crippen MR) is 72.3 cm³/mol. The van der Waals surface area contributed by atoms with Crippen LogP contribution in [0.5, 0.6) is 0 Å². The third-order valence-electron chi connectivity index (χ3n) is 3.41. The molecule has 0 aliphatic carbocycles. The summed E-state index contributed by atoms with van der Waals surface area (Å²) in [6.45, 7) is 8.54. The maximum Gasteiger partial charge on any atom is 0.137 e. The van der Waals surface area contributed by atoms with Crippen LogP contribution < -0.4 is 4.90 Å². The Kier molecular flexibility index (Phi) is 3.66. The maximum absolute atomic E-state index is 9.31. The predicted octanol–water partition coefficient (Wildman–Crippen LogP) is 2.15. The van der Waals surface area contributed by atoms with E-state index >= 15 is 0 Å². The van der Waals surface area contributed by atoms with Crippen molar-refractivity contribution in [3.63, 3.8) is 0 Å². The molecular weight excluding hydrogens is 226 g/mol. The molecule has 0 saturated carbocycles. The fourth-order valence-electron chi connectivity index (χ4n) is 2.29. The largest absolute Gasteiger partial charge is 0.391 e. The highest BCUT2D eigenvalue weighted by molar-refractivity contribution is 5.47. The molecule has 0 aromatic carbocycles. The first-order valence-electron chi connectivity index (χ1n) is 6.36. The molecule has 4 heteroatoms. The normalized spacial score (nSPS) is 16.7. The van der Waals surface area contributed by atoms with Crippen LogP contribution in [0.4, 0.5) is 5.82 Å². The van der Waals surface area contributed by atoms with Crippen LogP contribution in [0.2, 0.25) is 0 Å². The minimum absolute atomic E-state index is 0.0114. The number of rotatable bonds is 2. The van der Waals surface area contributed by atoms with Gasteiger partial charge in [-0.2, -0.15) is 0 Å². The molecule has 1 aliphatic rings. The molecule has 1 aromatic heterocycles. The van der Waals surface area contributed by atoms with Crippen molar-refractivity contribution in [1.29, 1.82) is 0 Å². The number of aliphatic hydroxyl groups is 1. The van der Waals surface area contributed by atoms with Gasteiger partial charge in [0, 0.05) is 24.8 Å². The highest BCUT2D eigenvalue weighted by Crippen LogP contribution is 2.31. The quantitative estimate of drug-likeness (QED) is 0.814. The van der Waals surface area contributed by atoms with Gasteiger partial charge in [0.2, 0.25) is 0 Å².